The molecule has 8 heteroatoms. The second kappa shape index (κ2) is 9.22. The Morgan fingerprint density at radius 2 is 2.00 bits per heavy atom. The van der Waals surface area contributed by atoms with E-state index in [1.807, 2.05) is 26.0 Å². The zero-order valence-electron chi connectivity index (χ0n) is 14.6. The maximum absolute atomic E-state index is 12.6. The number of hydrogen-bond acceptors (Lipinski definition) is 5. The first-order valence-electron chi connectivity index (χ1n) is 8.18. The molecule has 1 heterocycles. The molecule has 0 aliphatic carbocycles. The third-order valence-corrected chi connectivity index (χ3v) is 4.69. The number of amides is 2. The smallest absolute Gasteiger partial charge is 0.252 e. The molecule has 2 rings (SSSR count). The van der Waals surface area contributed by atoms with Gasteiger partial charge in [0.15, 0.2) is 5.16 Å². The van der Waals surface area contributed by atoms with E-state index in [1.165, 1.54) is 18.1 Å². The number of hydrogen-bond donors (Lipinski definition) is 3. The molecule has 2 amide bonds. The van der Waals surface area contributed by atoms with Crippen molar-refractivity contribution in [3.05, 3.63) is 41.7 Å². The molecule has 2 atom stereocenters. The van der Waals surface area contributed by atoms with Gasteiger partial charge in [0.1, 0.15) is 12.4 Å². The molecule has 7 nitrogen and oxygen atoms in total. The standard InChI is InChI=1S/C17H23N5O2S/c1-4-11(2)20-15(23)12(3)21-16(24)14-8-6-5-7-13(14)9-25-17-18-10-19-22-17/h5-8,10-12H,4,9H2,1-3H3,(H,20,23)(H,21,24)(H,18,19,22). The number of H-pyrrole nitrogens is 1. The maximum atomic E-state index is 12.6. The van der Waals surface area contributed by atoms with Crippen molar-refractivity contribution in [1.82, 2.24) is 25.8 Å². The van der Waals surface area contributed by atoms with Crippen LogP contribution < -0.4 is 10.6 Å². The molecule has 0 aliphatic rings. The van der Waals surface area contributed by atoms with Crippen LogP contribution in [0.15, 0.2) is 35.7 Å². The fourth-order valence-electron chi connectivity index (χ4n) is 2.09. The summed E-state index contributed by atoms with van der Waals surface area (Å²) in [6, 6.07) is 6.81. The molecule has 2 aromatic rings. The number of nitrogens with one attached hydrogen (secondary N) is 3. The van der Waals surface area contributed by atoms with E-state index in [0.29, 0.717) is 16.5 Å². The molecular formula is C17H23N5O2S. The monoisotopic (exact) mass is 361 g/mol. The van der Waals surface area contributed by atoms with Crippen molar-refractivity contribution in [1.29, 1.82) is 0 Å². The summed E-state index contributed by atoms with van der Waals surface area (Å²) in [6.45, 7) is 5.61. The van der Waals surface area contributed by atoms with E-state index in [2.05, 4.69) is 25.8 Å². The Morgan fingerprint density at radius 1 is 1.24 bits per heavy atom. The van der Waals surface area contributed by atoms with Gasteiger partial charge in [-0.1, -0.05) is 36.9 Å². The van der Waals surface area contributed by atoms with Gasteiger partial charge in [0.05, 0.1) is 0 Å². The number of rotatable bonds is 8. The molecule has 0 bridgehead atoms. The molecule has 0 fully saturated rings. The van der Waals surface area contributed by atoms with Crippen molar-refractivity contribution in [3.8, 4) is 0 Å². The van der Waals surface area contributed by atoms with Crippen LogP contribution >= 0.6 is 11.8 Å². The molecule has 25 heavy (non-hydrogen) atoms. The number of thioether (sulfide) groups is 1. The largest absolute Gasteiger partial charge is 0.352 e. The number of carbonyl (C=O) groups is 2. The lowest BCUT2D eigenvalue weighted by molar-refractivity contribution is -0.123. The summed E-state index contributed by atoms with van der Waals surface area (Å²) in [4.78, 5) is 28.7. The van der Waals surface area contributed by atoms with Crippen molar-refractivity contribution < 1.29 is 9.59 Å². The van der Waals surface area contributed by atoms with Crippen molar-refractivity contribution in [2.24, 2.45) is 0 Å². The normalized spacial score (nSPS) is 13.1. The Labute approximate surface area is 151 Å². The molecule has 0 saturated heterocycles. The summed E-state index contributed by atoms with van der Waals surface area (Å²) in [5, 5.41) is 12.9. The number of carbonyl (C=O) groups excluding carboxylic acids is 2. The molecule has 0 saturated carbocycles. The fraction of sp³-hybridized carbons (Fsp3) is 0.412. The number of aromatic nitrogens is 3. The van der Waals surface area contributed by atoms with Crippen LogP contribution in [-0.2, 0) is 10.5 Å². The van der Waals surface area contributed by atoms with Crippen LogP contribution in [0.2, 0.25) is 0 Å². The number of aromatic amines is 1. The topological polar surface area (TPSA) is 99.8 Å². The quantitative estimate of drug-likeness (QED) is 0.626. The van der Waals surface area contributed by atoms with Crippen LogP contribution in [0, 0.1) is 0 Å². The average molecular weight is 361 g/mol. The van der Waals surface area contributed by atoms with E-state index < -0.39 is 6.04 Å². The van der Waals surface area contributed by atoms with Gasteiger partial charge in [-0.2, -0.15) is 5.10 Å². The zero-order chi connectivity index (χ0) is 18.2. The third kappa shape index (κ3) is 5.60. The Hall–Kier alpha value is -2.35. The summed E-state index contributed by atoms with van der Waals surface area (Å²) in [5.41, 5.74) is 1.42. The second-order valence-corrected chi connectivity index (χ2v) is 6.71. The highest BCUT2D eigenvalue weighted by Gasteiger charge is 2.19. The lowest BCUT2D eigenvalue weighted by Gasteiger charge is -2.18. The predicted molar refractivity (Wildman–Crippen MR) is 97.2 cm³/mol. The van der Waals surface area contributed by atoms with E-state index >= 15 is 0 Å². The van der Waals surface area contributed by atoms with E-state index in [0.717, 1.165) is 12.0 Å². The van der Waals surface area contributed by atoms with E-state index in [1.54, 1.807) is 19.1 Å². The first-order valence-corrected chi connectivity index (χ1v) is 9.17. The van der Waals surface area contributed by atoms with Gasteiger partial charge in [0, 0.05) is 17.4 Å². The van der Waals surface area contributed by atoms with E-state index in [4.69, 9.17) is 0 Å². The van der Waals surface area contributed by atoms with Gasteiger partial charge in [-0.25, -0.2) is 4.98 Å². The van der Waals surface area contributed by atoms with Crippen LogP contribution in [-0.4, -0.2) is 39.1 Å². The Balaban J connectivity index is 2.00. The van der Waals surface area contributed by atoms with Crippen LogP contribution in [0.5, 0.6) is 0 Å². The van der Waals surface area contributed by atoms with Gasteiger partial charge >= 0.3 is 0 Å². The van der Waals surface area contributed by atoms with Crippen LogP contribution in [0.25, 0.3) is 0 Å². The van der Waals surface area contributed by atoms with Crippen molar-refractivity contribution in [2.45, 2.75) is 50.2 Å². The summed E-state index contributed by atoms with van der Waals surface area (Å²) < 4.78 is 0. The number of benzene rings is 1. The van der Waals surface area contributed by atoms with Gasteiger partial charge in [0.25, 0.3) is 5.91 Å². The van der Waals surface area contributed by atoms with Gasteiger partial charge in [0.2, 0.25) is 5.91 Å². The Bertz CT molecular complexity index is 705. The van der Waals surface area contributed by atoms with Gasteiger partial charge < -0.3 is 10.6 Å². The highest BCUT2D eigenvalue weighted by molar-refractivity contribution is 7.98. The minimum atomic E-state index is -0.600. The van der Waals surface area contributed by atoms with E-state index in [-0.39, 0.29) is 17.9 Å². The highest BCUT2D eigenvalue weighted by atomic mass is 32.2. The molecule has 1 aromatic carbocycles. The summed E-state index contributed by atoms with van der Waals surface area (Å²) >= 11 is 1.46. The summed E-state index contributed by atoms with van der Waals surface area (Å²) in [7, 11) is 0. The molecule has 0 aliphatic heterocycles. The third-order valence-electron chi connectivity index (χ3n) is 3.76. The van der Waals surface area contributed by atoms with Gasteiger partial charge in [-0.15, -0.1) is 0 Å². The zero-order valence-corrected chi connectivity index (χ0v) is 15.4. The second-order valence-electron chi connectivity index (χ2n) is 5.75. The van der Waals surface area contributed by atoms with Gasteiger partial charge in [-0.3, -0.25) is 14.7 Å². The highest BCUT2D eigenvalue weighted by Crippen LogP contribution is 2.21. The van der Waals surface area contributed by atoms with E-state index in [9.17, 15) is 9.59 Å². The SMILES string of the molecule is CCC(C)NC(=O)C(C)NC(=O)c1ccccc1CSc1ncn[nH]1. The molecule has 134 valence electrons. The fourth-order valence-corrected chi connectivity index (χ4v) is 2.87. The van der Waals surface area contributed by atoms with Crippen LogP contribution in [0.1, 0.15) is 43.1 Å². The molecule has 0 spiro atoms. The summed E-state index contributed by atoms with van der Waals surface area (Å²) in [5.74, 6) is 0.128. The predicted octanol–water partition coefficient (Wildman–Crippen LogP) is 2.13. The van der Waals surface area contributed by atoms with Crippen molar-refractivity contribution >= 4 is 23.6 Å². The summed E-state index contributed by atoms with van der Waals surface area (Å²) in [6.07, 6.45) is 2.28. The van der Waals surface area contributed by atoms with Crippen LogP contribution in [0.4, 0.5) is 0 Å². The number of nitrogens with zero attached hydrogens (tertiary/aromatic N) is 2. The Morgan fingerprint density at radius 3 is 2.68 bits per heavy atom. The van der Waals surface area contributed by atoms with Crippen molar-refractivity contribution in [3.63, 3.8) is 0 Å². The van der Waals surface area contributed by atoms with Gasteiger partial charge in [-0.05, 0) is 31.9 Å². The van der Waals surface area contributed by atoms with Crippen LogP contribution in [0.3, 0.4) is 0 Å². The average Bonchev–Trinajstić information content (AvgIpc) is 3.13. The minimum Gasteiger partial charge on any atom is -0.352 e. The molecule has 0 radical (unpaired) electrons. The Kier molecular flexibility index (Phi) is 7.00. The lowest BCUT2D eigenvalue weighted by atomic mass is 10.1. The minimum absolute atomic E-state index is 0.0810. The molecule has 3 N–H and O–H groups in total. The molecule has 2 unspecified atom stereocenters. The lowest BCUT2D eigenvalue weighted by Crippen LogP contribution is -2.47. The maximum Gasteiger partial charge on any atom is 0.252 e. The molecule has 1 aromatic heterocycles. The molecular weight excluding hydrogens is 338 g/mol. The first-order chi connectivity index (χ1) is 12.0. The first kappa shape index (κ1) is 19.0. The van der Waals surface area contributed by atoms with Crippen molar-refractivity contribution in [2.75, 3.05) is 0 Å².